The number of aryl methyl sites for hydroxylation is 1. The summed E-state index contributed by atoms with van der Waals surface area (Å²) in [6.45, 7) is 1.78. The van der Waals surface area contributed by atoms with Crippen LogP contribution in [0.4, 0.5) is 11.5 Å². The number of nitrogens with two attached hydrogens (primary N) is 1. The van der Waals surface area contributed by atoms with Gasteiger partial charge in [0.1, 0.15) is 5.82 Å². The molecule has 3 N–H and O–H groups in total. The molecule has 0 radical (unpaired) electrons. The van der Waals surface area contributed by atoms with E-state index in [9.17, 15) is 0 Å². The van der Waals surface area contributed by atoms with Crippen LogP contribution in [0.25, 0.3) is 10.9 Å². The number of pyridine rings is 1. The number of fused-ring (bicyclic) bond motifs is 1. The smallest absolute Gasteiger partial charge is 0.126 e. The van der Waals surface area contributed by atoms with Crippen LogP contribution in [0.5, 0.6) is 0 Å². The van der Waals surface area contributed by atoms with Gasteiger partial charge in [0.05, 0.1) is 5.52 Å². The molecule has 3 rings (SSSR count). The Balaban J connectivity index is 1.58. The zero-order valence-corrected chi connectivity index (χ0v) is 11.2. The van der Waals surface area contributed by atoms with Crippen LogP contribution in [-0.4, -0.2) is 21.3 Å². The van der Waals surface area contributed by atoms with Crippen LogP contribution in [0.2, 0.25) is 0 Å². The monoisotopic (exact) mass is 267 g/mol. The summed E-state index contributed by atoms with van der Waals surface area (Å²) >= 11 is 0. The summed E-state index contributed by atoms with van der Waals surface area (Å²) in [5, 5.41) is 8.56. The maximum Gasteiger partial charge on any atom is 0.126 e. The van der Waals surface area contributed by atoms with Crippen molar-refractivity contribution < 1.29 is 0 Å². The van der Waals surface area contributed by atoms with E-state index in [4.69, 9.17) is 5.73 Å². The van der Waals surface area contributed by atoms with Crippen molar-refractivity contribution in [2.24, 2.45) is 0 Å². The lowest BCUT2D eigenvalue weighted by atomic mass is 10.2. The molecule has 0 spiro atoms. The second-order valence-corrected chi connectivity index (χ2v) is 4.70. The molecule has 102 valence electrons. The van der Waals surface area contributed by atoms with E-state index in [0.717, 1.165) is 41.9 Å². The van der Waals surface area contributed by atoms with Gasteiger partial charge in [-0.1, -0.05) is 0 Å². The van der Waals surface area contributed by atoms with Gasteiger partial charge in [-0.05, 0) is 42.8 Å². The second kappa shape index (κ2) is 5.61. The lowest BCUT2D eigenvalue weighted by Crippen LogP contribution is -2.07. The lowest BCUT2D eigenvalue weighted by molar-refractivity contribution is 0.591. The molecule has 0 bridgehead atoms. The van der Waals surface area contributed by atoms with Crippen LogP contribution in [0.3, 0.4) is 0 Å². The van der Waals surface area contributed by atoms with E-state index in [0.29, 0.717) is 0 Å². The van der Waals surface area contributed by atoms with Crippen LogP contribution in [0.1, 0.15) is 6.42 Å². The number of nitrogen functional groups attached to an aromatic ring is 1. The first-order chi connectivity index (χ1) is 9.81. The van der Waals surface area contributed by atoms with Crippen molar-refractivity contribution in [3.63, 3.8) is 0 Å². The molecular formula is C15H17N5. The van der Waals surface area contributed by atoms with E-state index < -0.39 is 0 Å². The highest BCUT2D eigenvalue weighted by atomic mass is 15.3. The number of anilines is 2. The fourth-order valence-electron chi connectivity index (χ4n) is 2.13. The van der Waals surface area contributed by atoms with Crippen molar-refractivity contribution in [3.8, 4) is 0 Å². The fraction of sp³-hybridized carbons (Fsp3) is 0.200. The number of rotatable bonds is 5. The molecule has 0 unspecified atom stereocenters. The van der Waals surface area contributed by atoms with E-state index in [-0.39, 0.29) is 0 Å². The molecule has 2 aromatic heterocycles. The molecule has 20 heavy (non-hydrogen) atoms. The standard InChI is InChI=1S/C15H17N5/c16-13-4-5-14-12(11-13)3-6-15(19-14)17-7-1-9-20-10-2-8-18-20/h2-6,8,10-11H,1,7,9,16H2,(H,17,19). The first-order valence-corrected chi connectivity index (χ1v) is 6.69. The van der Waals surface area contributed by atoms with Crippen molar-refractivity contribution >= 4 is 22.4 Å². The Bertz CT molecular complexity index is 691. The van der Waals surface area contributed by atoms with Gasteiger partial charge in [0.2, 0.25) is 0 Å². The summed E-state index contributed by atoms with van der Waals surface area (Å²) in [5.41, 5.74) is 7.47. The number of nitrogens with zero attached hydrogens (tertiary/aromatic N) is 3. The number of hydrogen-bond donors (Lipinski definition) is 2. The highest BCUT2D eigenvalue weighted by Crippen LogP contribution is 2.17. The molecule has 2 heterocycles. The predicted molar refractivity (Wildman–Crippen MR) is 81.5 cm³/mol. The third kappa shape index (κ3) is 2.88. The highest BCUT2D eigenvalue weighted by Gasteiger charge is 1.99. The van der Waals surface area contributed by atoms with Gasteiger partial charge in [0.25, 0.3) is 0 Å². The van der Waals surface area contributed by atoms with E-state index in [2.05, 4.69) is 15.4 Å². The Hall–Kier alpha value is -2.56. The summed E-state index contributed by atoms with van der Waals surface area (Å²) < 4.78 is 1.93. The van der Waals surface area contributed by atoms with Gasteiger partial charge in [0.15, 0.2) is 0 Å². The summed E-state index contributed by atoms with van der Waals surface area (Å²) in [6.07, 6.45) is 4.77. The van der Waals surface area contributed by atoms with Gasteiger partial charge in [-0.3, -0.25) is 4.68 Å². The minimum Gasteiger partial charge on any atom is -0.399 e. The lowest BCUT2D eigenvalue weighted by Gasteiger charge is -2.07. The molecule has 0 amide bonds. The van der Waals surface area contributed by atoms with Crippen LogP contribution in [-0.2, 0) is 6.54 Å². The van der Waals surface area contributed by atoms with Gasteiger partial charge in [-0.25, -0.2) is 4.98 Å². The number of nitrogens with one attached hydrogen (secondary N) is 1. The third-order valence-corrected chi connectivity index (χ3v) is 3.14. The normalized spacial score (nSPS) is 10.8. The predicted octanol–water partition coefficient (Wildman–Crippen LogP) is 2.52. The van der Waals surface area contributed by atoms with Gasteiger partial charge in [-0.2, -0.15) is 5.10 Å². The third-order valence-electron chi connectivity index (χ3n) is 3.14. The molecular weight excluding hydrogens is 250 g/mol. The van der Waals surface area contributed by atoms with Crippen LogP contribution in [0, 0.1) is 0 Å². The Labute approximate surface area is 117 Å². The Morgan fingerprint density at radius 2 is 2.15 bits per heavy atom. The minimum atomic E-state index is 0.763. The van der Waals surface area contributed by atoms with Crippen molar-refractivity contribution in [2.45, 2.75) is 13.0 Å². The Kier molecular flexibility index (Phi) is 3.50. The zero-order chi connectivity index (χ0) is 13.8. The first kappa shape index (κ1) is 12.5. The summed E-state index contributed by atoms with van der Waals surface area (Å²) in [6, 6.07) is 11.7. The maximum atomic E-state index is 5.75. The summed E-state index contributed by atoms with van der Waals surface area (Å²) in [4.78, 5) is 4.56. The summed E-state index contributed by atoms with van der Waals surface area (Å²) in [7, 11) is 0. The Morgan fingerprint density at radius 3 is 3.00 bits per heavy atom. The van der Waals surface area contributed by atoms with Crippen molar-refractivity contribution in [1.29, 1.82) is 0 Å². The molecule has 3 aromatic rings. The molecule has 0 saturated heterocycles. The van der Waals surface area contributed by atoms with E-state index in [1.807, 2.05) is 47.3 Å². The van der Waals surface area contributed by atoms with Crippen molar-refractivity contribution in [3.05, 3.63) is 48.8 Å². The second-order valence-electron chi connectivity index (χ2n) is 4.70. The van der Waals surface area contributed by atoms with Gasteiger partial charge >= 0.3 is 0 Å². The van der Waals surface area contributed by atoms with Gasteiger partial charge in [0, 0.05) is 36.6 Å². The van der Waals surface area contributed by atoms with Gasteiger partial charge in [-0.15, -0.1) is 0 Å². The zero-order valence-electron chi connectivity index (χ0n) is 11.2. The van der Waals surface area contributed by atoms with Crippen LogP contribution >= 0.6 is 0 Å². The van der Waals surface area contributed by atoms with E-state index in [1.165, 1.54) is 0 Å². The molecule has 0 aliphatic heterocycles. The minimum absolute atomic E-state index is 0.763. The quantitative estimate of drug-likeness (QED) is 0.550. The number of aromatic nitrogens is 3. The molecule has 0 atom stereocenters. The van der Waals surface area contributed by atoms with Crippen molar-refractivity contribution in [1.82, 2.24) is 14.8 Å². The molecule has 5 heteroatoms. The van der Waals surface area contributed by atoms with E-state index in [1.54, 1.807) is 6.20 Å². The molecule has 0 fully saturated rings. The van der Waals surface area contributed by atoms with Gasteiger partial charge < -0.3 is 11.1 Å². The maximum absolute atomic E-state index is 5.75. The summed E-state index contributed by atoms with van der Waals surface area (Å²) in [5.74, 6) is 0.891. The average molecular weight is 267 g/mol. The molecule has 0 saturated carbocycles. The highest BCUT2D eigenvalue weighted by molar-refractivity contribution is 5.83. The van der Waals surface area contributed by atoms with Crippen LogP contribution < -0.4 is 11.1 Å². The SMILES string of the molecule is Nc1ccc2nc(NCCCn3cccn3)ccc2c1. The largest absolute Gasteiger partial charge is 0.399 e. The molecule has 5 nitrogen and oxygen atoms in total. The number of hydrogen-bond acceptors (Lipinski definition) is 4. The van der Waals surface area contributed by atoms with E-state index >= 15 is 0 Å². The van der Waals surface area contributed by atoms with Crippen molar-refractivity contribution in [2.75, 3.05) is 17.6 Å². The Morgan fingerprint density at radius 1 is 1.20 bits per heavy atom. The average Bonchev–Trinajstić information content (AvgIpc) is 2.97. The van der Waals surface area contributed by atoms with Crippen LogP contribution in [0.15, 0.2) is 48.8 Å². The molecule has 0 aliphatic carbocycles. The molecule has 1 aromatic carbocycles. The first-order valence-electron chi connectivity index (χ1n) is 6.69. The number of benzene rings is 1. The molecule has 0 aliphatic rings. The fourth-order valence-corrected chi connectivity index (χ4v) is 2.13. The topological polar surface area (TPSA) is 68.8 Å².